The predicted octanol–water partition coefficient (Wildman–Crippen LogP) is 1.79. The molecule has 1 fully saturated rings. The van der Waals surface area contributed by atoms with Crippen LogP contribution in [0.1, 0.15) is 23.2 Å². The fourth-order valence-electron chi connectivity index (χ4n) is 2.46. The highest BCUT2D eigenvalue weighted by molar-refractivity contribution is 5.95. The molecule has 1 unspecified atom stereocenters. The highest BCUT2D eigenvalue weighted by atomic mass is 19.3. The Morgan fingerprint density at radius 1 is 1.30 bits per heavy atom. The second-order valence-electron chi connectivity index (χ2n) is 5.11. The van der Waals surface area contributed by atoms with Crippen LogP contribution in [0, 0.1) is 0 Å². The van der Waals surface area contributed by atoms with E-state index in [9.17, 15) is 13.6 Å². The second kappa shape index (κ2) is 7.96. The molecule has 6 nitrogen and oxygen atoms in total. The summed E-state index contributed by atoms with van der Waals surface area (Å²) >= 11 is 0. The Labute approximate surface area is 133 Å². The van der Waals surface area contributed by atoms with Crippen LogP contribution in [-0.4, -0.2) is 45.9 Å². The number of hydrogen-bond donors (Lipinski definition) is 2. The Morgan fingerprint density at radius 3 is 2.43 bits per heavy atom. The van der Waals surface area contributed by atoms with Gasteiger partial charge in [-0.05, 0) is 31.5 Å². The van der Waals surface area contributed by atoms with Gasteiger partial charge in [-0.1, -0.05) is 0 Å². The van der Waals surface area contributed by atoms with Gasteiger partial charge in [-0.25, -0.2) is 0 Å². The first-order chi connectivity index (χ1) is 11.0. The number of hydrogen-bond acceptors (Lipinski definition) is 5. The summed E-state index contributed by atoms with van der Waals surface area (Å²) in [7, 11) is 2.61. The van der Waals surface area contributed by atoms with Gasteiger partial charge in [0.2, 0.25) is 5.75 Å². The number of ether oxygens (including phenoxy) is 3. The molecule has 0 radical (unpaired) electrons. The van der Waals surface area contributed by atoms with Gasteiger partial charge in [0.25, 0.3) is 5.91 Å². The summed E-state index contributed by atoms with van der Waals surface area (Å²) in [5, 5.41) is 6.10. The molecular weight excluding hydrogens is 310 g/mol. The summed E-state index contributed by atoms with van der Waals surface area (Å²) in [5.41, 5.74) is 0.255. The lowest BCUT2D eigenvalue weighted by Crippen LogP contribution is -2.45. The Hall–Kier alpha value is -2.09. The van der Waals surface area contributed by atoms with Crippen molar-refractivity contribution in [2.24, 2.45) is 0 Å². The summed E-state index contributed by atoms with van der Waals surface area (Å²) in [5.74, 6) is -0.534. The molecule has 1 aliphatic rings. The summed E-state index contributed by atoms with van der Waals surface area (Å²) in [6.07, 6.45) is 1.87. The number of piperidine rings is 1. The molecule has 0 aliphatic carbocycles. The van der Waals surface area contributed by atoms with Crippen molar-refractivity contribution in [3.63, 3.8) is 0 Å². The van der Waals surface area contributed by atoms with Crippen molar-refractivity contribution in [1.82, 2.24) is 10.6 Å². The monoisotopic (exact) mass is 330 g/mol. The first-order valence-corrected chi connectivity index (χ1v) is 7.27. The highest BCUT2D eigenvalue weighted by Crippen LogP contribution is 2.39. The normalized spacial score (nSPS) is 17.7. The molecular formula is C15H20F2N2O4. The minimum atomic E-state index is -3.02. The minimum absolute atomic E-state index is 0.0107. The first-order valence-electron chi connectivity index (χ1n) is 7.27. The average molecular weight is 330 g/mol. The Kier molecular flexibility index (Phi) is 5.97. The predicted molar refractivity (Wildman–Crippen MR) is 79.5 cm³/mol. The van der Waals surface area contributed by atoms with Crippen molar-refractivity contribution < 1.29 is 27.8 Å². The maximum atomic E-state index is 12.5. The van der Waals surface area contributed by atoms with Crippen molar-refractivity contribution in [3.8, 4) is 17.2 Å². The molecule has 0 aromatic heterocycles. The smallest absolute Gasteiger partial charge is 0.387 e. The van der Waals surface area contributed by atoms with E-state index in [4.69, 9.17) is 9.47 Å². The van der Waals surface area contributed by atoms with Crippen LogP contribution in [0.2, 0.25) is 0 Å². The molecule has 1 aromatic rings. The number of rotatable bonds is 6. The van der Waals surface area contributed by atoms with Gasteiger partial charge >= 0.3 is 6.61 Å². The Bertz CT molecular complexity index is 523. The molecule has 1 heterocycles. The van der Waals surface area contributed by atoms with Gasteiger partial charge in [0.15, 0.2) is 11.5 Å². The number of amides is 1. The number of halogens is 2. The molecule has 128 valence electrons. The van der Waals surface area contributed by atoms with Crippen LogP contribution in [0.4, 0.5) is 8.78 Å². The average Bonchev–Trinajstić information content (AvgIpc) is 2.55. The first kappa shape index (κ1) is 17.3. The van der Waals surface area contributed by atoms with Crippen LogP contribution >= 0.6 is 0 Å². The van der Waals surface area contributed by atoms with Gasteiger partial charge in [0.05, 0.1) is 14.2 Å². The lowest BCUT2D eigenvalue weighted by Gasteiger charge is -2.24. The maximum absolute atomic E-state index is 12.5. The van der Waals surface area contributed by atoms with E-state index in [0.717, 1.165) is 19.4 Å². The van der Waals surface area contributed by atoms with Crippen molar-refractivity contribution in [1.29, 1.82) is 0 Å². The van der Waals surface area contributed by atoms with Crippen molar-refractivity contribution in [2.75, 3.05) is 27.3 Å². The molecule has 1 aromatic carbocycles. The van der Waals surface area contributed by atoms with Crippen LogP contribution in [0.5, 0.6) is 17.2 Å². The van der Waals surface area contributed by atoms with Gasteiger partial charge in [0, 0.05) is 18.2 Å². The maximum Gasteiger partial charge on any atom is 0.387 e. The van der Waals surface area contributed by atoms with E-state index in [0.29, 0.717) is 6.54 Å². The van der Waals surface area contributed by atoms with E-state index < -0.39 is 6.61 Å². The SMILES string of the molecule is COc1cc(C(=O)NC2CCCNC2)cc(OC)c1OC(F)F. The molecule has 2 N–H and O–H groups in total. The van der Waals surface area contributed by atoms with Gasteiger partial charge in [-0.3, -0.25) is 4.79 Å². The largest absolute Gasteiger partial charge is 0.493 e. The molecule has 23 heavy (non-hydrogen) atoms. The van der Waals surface area contributed by atoms with Crippen LogP contribution in [-0.2, 0) is 0 Å². The van der Waals surface area contributed by atoms with E-state index in [1.807, 2.05) is 0 Å². The second-order valence-corrected chi connectivity index (χ2v) is 5.11. The standard InChI is InChI=1S/C15H20F2N2O4/c1-21-11-6-9(7-12(22-2)13(11)23-15(16)17)14(20)19-10-4-3-5-18-8-10/h6-7,10,15,18H,3-5,8H2,1-2H3,(H,19,20). The minimum Gasteiger partial charge on any atom is -0.493 e. The van der Waals surface area contributed by atoms with Crippen molar-refractivity contribution >= 4 is 5.91 Å². The molecule has 1 saturated heterocycles. The van der Waals surface area contributed by atoms with E-state index >= 15 is 0 Å². The van der Waals surface area contributed by atoms with Gasteiger partial charge < -0.3 is 24.8 Å². The van der Waals surface area contributed by atoms with Crippen LogP contribution in [0.3, 0.4) is 0 Å². The molecule has 1 atom stereocenters. The molecule has 0 saturated carbocycles. The van der Waals surface area contributed by atoms with E-state index in [2.05, 4.69) is 15.4 Å². The number of benzene rings is 1. The molecule has 0 bridgehead atoms. The Morgan fingerprint density at radius 2 is 1.96 bits per heavy atom. The van der Waals surface area contributed by atoms with Gasteiger partial charge in [-0.2, -0.15) is 8.78 Å². The van der Waals surface area contributed by atoms with E-state index in [1.165, 1.54) is 26.4 Å². The van der Waals surface area contributed by atoms with E-state index in [1.54, 1.807) is 0 Å². The third kappa shape index (κ3) is 4.44. The van der Waals surface area contributed by atoms with Gasteiger partial charge in [-0.15, -0.1) is 0 Å². The summed E-state index contributed by atoms with van der Waals surface area (Å²) in [6, 6.07) is 2.74. The number of nitrogens with one attached hydrogen (secondary N) is 2. The number of methoxy groups -OCH3 is 2. The fourth-order valence-corrected chi connectivity index (χ4v) is 2.46. The number of carbonyl (C=O) groups excluding carboxylic acids is 1. The third-order valence-corrected chi connectivity index (χ3v) is 3.56. The molecule has 1 aliphatic heterocycles. The molecule has 2 rings (SSSR count). The van der Waals surface area contributed by atoms with Crippen LogP contribution in [0.15, 0.2) is 12.1 Å². The van der Waals surface area contributed by atoms with Gasteiger partial charge in [0.1, 0.15) is 0 Å². The zero-order valence-corrected chi connectivity index (χ0v) is 13.0. The number of alkyl halides is 2. The number of carbonyl (C=O) groups is 1. The molecule has 8 heteroatoms. The molecule has 1 amide bonds. The molecule has 0 spiro atoms. The van der Waals surface area contributed by atoms with Crippen LogP contribution in [0.25, 0.3) is 0 Å². The van der Waals surface area contributed by atoms with E-state index in [-0.39, 0.29) is 34.8 Å². The summed E-state index contributed by atoms with van der Waals surface area (Å²) in [4.78, 5) is 12.3. The van der Waals surface area contributed by atoms with Crippen molar-refractivity contribution in [3.05, 3.63) is 17.7 Å². The van der Waals surface area contributed by atoms with Crippen molar-refractivity contribution in [2.45, 2.75) is 25.5 Å². The Balaban J connectivity index is 2.22. The summed E-state index contributed by atoms with van der Waals surface area (Å²) in [6.45, 7) is -1.38. The highest BCUT2D eigenvalue weighted by Gasteiger charge is 2.22. The summed E-state index contributed by atoms with van der Waals surface area (Å²) < 4.78 is 39.5. The lowest BCUT2D eigenvalue weighted by atomic mass is 10.1. The fraction of sp³-hybridized carbons (Fsp3) is 0.533. The topological polar surface area (TPSA) is 68.8 Å². The zero-order valence-electron chi connectivity index (χ0n) is 13.0. The lowest BCUT2D eigenvalue weighted by molar-refractivity contribution is -0.0526. The van der Waals surface area contributed by atoms with Crippen LogP contribution < -0.4 is 24.8 Å². The zero-order chi connectivity index (χ0) is 16.8. The third-order valence-electron chi connectivity index (χ3n) is 3.56. The quantitative estimate of drug-likeness (QED) is 0.832.